The van der Waals surface area contributed by atoms with Crippen LogP contribution in [-0.4, -0.2) is 30.8 Å². The van der Waals surface area contributed by atoms with Crippen LogP contribution in [0.4, 0.5) is 0 Å². The molecular formula is C18H18N4O3S. The second kappa shape index (κ2) is 7.57. The lowest BCUT2D eigenvalue weighted by atomic mass is 10.2. The highest BCUT2D eigenvalue weighted by molar-refractivity contribution is 8.03. The van der Waals surface area contributed by atoms with Crippen molar-refractivity contribution in [3.8, 4) is 5.69 Å². The average Bonchev–Trinajstić information content (AvgIpc) is 3.19. The number of hydrogen-bond acceptors (Lipinski definition) is 6. The number of aliphatic carboxylic acids is 1. The summed E-state index contributed by atoms with van der Waals surface area (Å²) in [7, 11) is 0. The SMILES string of the molecule is CCc1nnc(S/C(=C\c2cc(C)n(-c3cccnc3)c2C)C(=O)O)o1. The predicted molar refractivity (Wildman–Crippen MR) is 98.2 cm³/mol. The van der Waals surface area contributed by atoms with Gasteiger partial charge in [0, 0.05) is 24.0 Å². The molecule has 0 spiro atoms. The van der Waals surface area contributed by atoms with E-state index in [0.717, 1.165) is 34.4 Å². The molecule has 0 saturated heterocycles. The lowest BCUT2D eigenvalue weighted by molar-refractivity contribution is -0.131. The third-order valence-electron chi connectivity index (χ3n) is 3.82. The van der Waals surface area contributed by atoms with Crippen molar-refractivity contribution in [3.05, 3.63) is 58.3 Å². The Hall–Kier alpha value is -2.87. The van der Waals surface area contributed by atoms with Crippen molar-refractivity contribution in [2.24, 2.45) is 0 Å². The fraction of sp³-hybridized carbons (Fsp3) is 0.222. The molecule has 0 fully saturated rings. The van der Waals surface area contributed by atoms with Crippen molar-refractivity contribution in [2.45, 2.75) is 32.4 Å². The number of aromatic nitrogens is 4. The number of thioether (sulfide) groups is 1. The van der Waals surface area contributed by atoms with Gasteiger partial charge in [0.1, 0.15) is 4.91 Å². The zero-order valence-corrected chi connectivity index (χ0v) is 15.4. The normalized spacial score (nSPS) is 11.7. The molecule has 7 nitrogen and oxygen atoms in total. The minimum absolute atomic E-state index is 0.114. The molecule has 1 N–H and O–H groups in total. The molecule has 26 heavy (non-hydrogen) atoms. The Morgan fingerprint density at radius 3 is 2.81 bits per heavy atom. The molecule has 0 aliphatic carbocycles. The summed E-state index contributed by atoms with van der Waals surface area (Å²) in [5.41, 5.74) is 3.65. The van der Waals surface area contributed by atoms with E-state index in [1.807, 2.05) is 43.5 Å². The van der Waals surface area contributed by atoms with Crippen LogP contribution >= 0.6 is 11.8 Å². The summed E-state index contributed by atoms with van der Waals surface area (Å²) in [5.74, 6) is -0.565. The molecular weight excluding hydrogens is 352 g/mol. The lowest BCUT2D eigenvalue weighted by Crippen LogP contribution is -2.00. The van der Waals surface area contributed by atoms with Crippen molar-refractivity contribution in [2.75, 3.05) is 0 Å². The van der Waals surface area contributed by atoms with Gasteiger partial charge in [0.2, 0.25) is 5.89 Å². The minimum Gasteiger partial charge on any atom is -0.477 e. The Bertz CT molecular complexity index is 960. The van der Waals surface area contributed by atoms with Gasteiger partial charge in [-0.05, 0) is 55.4 Å². The molecule has 0 aromatic carbocycles. The lowest BCUT2D eigenvalue weighted by Gasteiger charge is -2.08. The zero-order valence-electron chi connectivity index (χ0n) is 14.6. The first-order valence-corrected chi connectivity index (χ1v) is 8.85. The molecule has 0 saturated carbocycles. The largest absolute Gasteiger partial charge is 0.477 e. The van der Waals surface area contributed by atoms with E-state index in [4.69, 9.17) is 4.42 Å². The van der Waals surface area contributed by atoms with E-state index in [9.17, 15) is 9.90 Å². The van der Waals surface area contributed by atoms with Gasteiger partial charge in [0.05, 0.1) is 11.9 Å². The van der Waals surface area contributed by atoms with E-state index in [-0.39, 0.29) is 10.1 Å². The standard InChI is InChI=1S/C18H18N4O3S/c1-4-16-20-21-18(25-16)26-15(17(23)24)9-13-8-11(2)22(12(13)3)14-6-5-7-19-10-14/h5-10H,4H2,1-3H3,(H,23,24)/b15-9-. The maximum atomic E-state index is 11.7. The molecule has 3 aromatic heterocycles. The smallest absolute Gasteiger partial charge is 0.342 e. The minimum atomic E-state index is -1.04. The van der Waals surface area contributed by atoms with E-state index in [2.05, 4.69) is 15.2 Å². The molecule has 0 radical (unpaired) electrons. The maximum absolute atomic E-state index is 11.7. The van der Waals surface area contributed by atoms with Gasteiger partial charge >= 0.3 is 5.97 Å². The van der Waals surface area contributed by atoms with Gasteiger partial charge in [-0.3, -0.25) is 4.98 Å². The Morgan fingerprint density at radius 2 is 2.19 bits per heavy atom. The van der Waals surface area contributed by atoms with Crippen LogP contribution in [0.3, 0.4) is 0 Å². The molecule has 3 rings (SSSR count). The fourth-order valence-corrected chi connectivity index (χ4v) is 3.29. The second-order valence-corrected chi connectivity index (χ2v) is 6.60. The molecule has 0 aliphatic heterocycles. The van der Waals surface area contributed by atoms with Crippen LogP contribution < -0.4 is 0 Å². The molecule has 0 amide bonds. The van der Waals surface area contributed by atoms with Gasteiger partial charge in [0.25, 0.3) is 5.22 Å². The molecule has 3 heterocycles. The highest BCUT2D eigenvalue weighted by atomic mass is 32.2. The van der Waals surface area contributed by atoms with Crippen molar-refractivity contribution in [3.63, 3.8) is 0 Å². The van der Waals surface area contributed by atoms with Crippen LogP contribution in [0.2, 0.25) is 0 Å². The first-order valence-electron chi connectivity index (χ1n) is 8.04. The summed E-state index contributed by atoms with van der Waals surface area (Å²) in [4.78, 5) is 15.9. The van der Waals surface area contributed by atoms with Crippen LogP contribution in [0.5, 0.6) is 0 Å². The summed E-state index contributed by atoms with van der Waals surface area (Å²) < 4.78 is 7.44. The summed E-state index contributed by atoms with van der Waals surface area (Å²) in [6.07, 6.45) is 5.71. The van der Waals surface area contributed by atoms with E-state index in [1.165, 1.54) is 0 Å². The number of carboxylic acid groups (broad SMARTS) is 1. The van der Waals surface area contributed by atoms with Gasteiger partial charge in [-0.25, -0.2) is 4.79 Å². The number of hydrogen-bond donors (Lipinski definition) is 1. The van der Waals surface area contributed by atoms with Crippen molar-refractivity contribution < 1.29 is 14.3 Å². The number of carbonyl (C=O) groups is 1. The maximum Gasteiger partial charge on any atom is 0.342 e. The highest BCUT2D eigenvalue weighted by Gasteiger charge is 2.17. The second-order valence-electron chi connectivity index (χ2n) is 5.60. The van der Waals surface area contributed by atoms with E-state index in [0.29, 0.717) is 12.3 Å². The monoisotopic (exact) mass is 370 g/mol. The van der Waals surface area contributed by atoms with Gasteiger partial charge in [-0.1, -0.05) is 6.92 Å². The predicted octanol–water partition coefficient (Wildman–Crippen LogP) is 3.65. The Kier molecular flexibility index (Phi) is 5.22. The third-order valence-corrected chi connectivity index (χ3v) is 4.67. The van der Waals surface area contributed by atoms with Crippen molar-refractivity contribution >= 4 is 23.8 Å². The number of pyridine rings is 1. The topological polar surface area (TPSA) is 94.0 Å². The number of aryl methyl sites for hydroxylation is 2. The number of rotatable bonds is 6. The summed E-state index contributed by atoms with van der Waals surface area (Å²) in [6, 6.07) is 5.76. The zero-order chi connectivity index (χ0) is 18.7. The van der Waals surface area contributed by atoms with Gasteiger partial charge in [-0.15, -0.1) is 10.2 Å². The molecule has 8 heteroatoms. The fourth-order valence-electron chi connectivity index (χ4n) is 2.61. The number of carboxylic acids is 1. The van der Waals surface area contributed by atoms with Crippen molar-refractivity contribution in [1.29, 1.82) is 0 Å². The molecule has 0 aliphatic rings. The summed E-state index contributed by atoms with van der Waals surface area (Å²) in [5, 5.41) is 17.5. The first kappa shape index (κ1) is 17.9. The van der Waals surface area contributed by atoms with Crippen LogP contribution in [0.1, 0.15) is 29.8 Å². The van der Waals surface area contributed by atoms with Gasteiger partial charge < -0.3 is 14.1 Å². The van der Waals surface area contributed by atoms with Crippen LogP contribution in [-0.2, 0) is 11.2 Å². The average molecular weight is 370 g/mol. The molecule has 3 aromatic rings. The Morgan fingerprint density at radius 1 is 1.38 bits per heavy atom. The van der Waals surface area contributed by atoms with Gasteiger partial charge in [0.15, 0.2) is 0 Å². The molecule has 134 valence electrons. The quantitative estimate of drug-likeness (QED) is 0.523. The van der Waals surface area contributed by atoms with Crippen LogP contribution in [0.25, 0.3) is 11.8 Å². The Balaban J connectivity index is 1.97. The van der Waals surface area contributed by atoms with Crippen LogP contribution in [0.15, 0.2) is 45.1 Å². The highest BCUT2D eigenvalue weighted by Crippen LogP contribution is 2.30. The van der Waals surface area contributed by atoms with Gasteiger partial charge in [-0.2, -0.15) is 0 Å². The molecule has 0 atom stereocenters. The van der Waals surface area contributed by atoms with E-state index in [1.54, 1.807) is 18.5 Å². The molecule has 0 bridgehead atoms. The molecule has 0 unspecified atom stereocenters. The summed E-state index contributed by atoms with van der Waals surface area (Å²) in [6.45, 7) is 5.80. The van der Waals surface area contributed by atoms with Crippen molar-refractivity contribution in [1.82, 2.24) is 19.7 Å². The Labute approximate surface area is 154 Å². The third kappa shape index (κ3) is 3.70. The first-order chi connectivity index (χ1) is 12.5. The van der Waals surface area contributed by atoms with Crippen LogP contribution in [0, 0.1) is 13.8 Å². The summed E-state index contributed by atoms with van der Waals surface area (Å²) >= 11 is 0.947. The van der Waals surface area contributed by atoms with E-state index < -0.39 is 5.97 Å². The number of nitrogens with zero attached hydrogens (tertiary/aromatic N) is 4. The van der Waals surface area contributed by atoms with E-state index >= 15 is 0 Å².